The Balaban J connectivity index is 2.15. The molecule has 3 heteroatoms. The lowest BCUT2D eigenvalue weighted by Gasteiger charge is -2.30. The molecule has 2 rings (SSSR count). The van der Waals surface area contributed by atoms with Gasteiger partial charge in [-0.1, -0.05) is 50.2 Å². The highest BCUT2D eigenvalue weighted by Gasteiger charge is 2.17. The normalized spacial score (nSPS) is 12.4. The standard InChI is InChI=1S/C18H25N3/c1-4-21(5-2)17(16-11-7-6-8-12-16)14-20-18-15(3)10-9-13-19-18/h6-13,17H,4-5,14H2,1-3H3,(H,19,20). The minimum Gasteiger partial charge on any atom is -0.368 e. The lowest BCUT2D eigenvalue weighted by molar-refractivity contribution is 0.228. The fraction of sp³-hybridized carbons (Fsp3) is 0.389. The largest absolute Gasteiger partial charge is 0.368 e. The number of benzene rings is 1. The zero-order valence-corrected chi connectivity index (χ0v) is 13.2. The number of pyridine rings is 1. The summed E-state index contributed by atoms with van der Waals surface area (Å²) in [6, 6.07) is 15.1. The first-order valence-electron chi connectivity index (χ1n) is 7.70. The van der Waals surface area contributed by atoms with Crippen LogP contribution in [0.25, 0.3) is 0 Å². The maximum absolute atomic E-state index is 4.43. The van der Waals surface area contributed by atoms with Gasteiger partial charge in [-0.3, -0.25) is 4.90 Å². The summed E-state index contributed by atoms with van der Waals surface area (Å²) in [5, 5.41) is 3.51. The molecule has 0 radical (unpaired) electrons. The lowest BCUT2D eigenvalue weighted by Crippen LogP contribution is -2.33. The van der Waals surface area contributed by atoms with Gasteiger partial charge >= 0.3 is 0 Å². The molecule has 0 fully saturated rings. The van der Waals surface area contributed by atoms with Crippen LogP contribution in [0.1, 0.15) is 31.0 Å². The molecule has 1 N–H and O–H groups in total. The van der Waals surface area contributed by atoms with Gasteiger partial charge in [-0.25, -0.2) is 4.98 Å². The van der Waals surface area contributed by atoms with E-state index in [0.29, 0.717) is 6.04 Å². The molecule has 0 saturated heterocycles. The highest BCUT2D eigenvalue weighted by Crippen LogP contribution is 2.21. The van der Waals surface area contributed by atoms with Crippen molar-refractivity contribution in [2.75, 3.05) is 25.0 Å². The maximum Gasteiger partial charge on any atom is 0.128 e. The first kappa shape index (κ1) is 15.5. The van der Waals surface area contributed by atoms with Gasteiger partial charge in [0.1, 0.15) is 5.82 Å². The third kappa shape index (κ3) is 4.05. The highest BCUT2D eigenvalue weighted by atomic mass is 15.2. The molecule has 112 valence electrons. The summed E-state index contributed by atoms with van der Waals surface area (Å²) in [5.41, 5.74) is 2.53. The molecule has 0 bridgehead atoms. The summed E-state index contributed by atoms with van der Waals surface area (Å²) in [6.07, 6.45) is 1.84. The summed E-state index contributed by atoms with van der Waals surface area (Å²) in [4.78, 5) is 6.90. The summed E-state index contributed by atoms with van der Waals surface area (Å²) in [7, 11) is 0. The Bertz CT molecular complexity index is 535. The third-order valence-electron chi connectivity index (χ3n) is 3.91. The van der Waals surface area contributed by atoms with Crippen LogP contribution in [0, 0.1) is 6.92 Å². The van der Waals surface area contributed by atoms with E-state index in [1.807, 2.05) is 12.3 Å². The lowest BCUT2D eigenvalue weighted by atomic mass is 10.0. The predicted molar refractivity (Wildman–Crippen MR) is 89.6 cm³/mol. The Morgan fingerprint density at radius 1 is 1.05 bits per heavy atom. The molecule has 3 nitrogen and oxygen atoms in total. The molecule has 0 amide bonds. The Morgan fingerprint density at radius 2 is 1.76 bits per heavy atom. The SMILES string of the molecule is CCN(CC)C(CNc1ncccc1C)c1ccccc1. The van der Waals surface area contributed by atoms with Crippen molar-refractivity contribution >= 4 is 5.82 Å². The molecule has 0 spiro atoms. The second-order valence-electron chi connectivity index (χ2n) is 5.20. The molecule has 0 aliphatic carbocycles. The number of hydrogen-bond donors (Lipinski definition) is 1. The number of aromatic nitrogens is 1. The van der Waals surface area contributed by atoms with Crippen LogP contribution in [0.2, 0.25) is 0 Å². The molecular weight excluding hydrogens is 258 g/mol. The number of aryl methyl sites for hydroxylation is 1. The van der Waals surface area contributed by atoms with Crippen molar-refractivity contribution in [3.05, 3.63) is 59.8 Å². The summed E-state index contributed by atoms with van der Waals surface area (Å²) in [5.74, 6) is 0.977. The third-order valence-corrected chi connectivity index (χ3v) is 3.91. The van der Waals surface area contributed by atoms with Gasteiger partial charge in [0.15, 0.2) is 0 Å². The molecule has 1 aromatic carbocycles. The second-order valence-corrected chi connectivity index (χ2v) is 5.20. The number of nitrogens with zero attached hydrogens (tertiary/aromatic N) is 2. The van der Waals surface area contributed by atoms with Gasteiger partial charge in [-0.2, -0.15) is 0 Å². The molecule has 0 aliphatic rings. The van der Waals surface area contributed by atoms with Crippen molar-refractivity contribution in [2.45, 2.75) is 26.8 Å². The van der Waals surface area contributed by atoms with E-state index in [4.69, 9.17) is 0 Å². The van der Waals surface area contributed by atoms with Crippen molar-refractivity contribution in [1.82, 2.24) is 9.88 Å². The van der Waals surface area contributed by atoms with E-state index < -0.39 is 0 Å². The van der Waals surface area contributed by atoms with Crippen molar-refractivity contribution in [2.24, 2.45) is 0 Å². The number of rotatable bonds is 7. The van der Waals surface area contributed by atoms with Crippen LogP contribution in [0.15, 0.2) is 48.7 Å². The summed E-state index contributed by atoms with van der Waals surface area (Å²) in [6.45, 7) is 9.46. The first-order valence-corrected chi connectivity index (χ1v) is 7.70. The minimum atomic E-state index is 0.364. The van der Waals surface area contributed by atoms with Crippen molar-refractivity contribution in [3.8, 4) is 0 Å². The molecule has 21 heavy (non-hydrogen) atoms. The Hall–Kier alpha value is -1.87. The monoisotopic (exact) mass is 283 g/mol. The number of hydrogen-bond acceptors (Lipinski definition) is 3. The summed E-state index contributed by atoms with van der Waals surface area (Å²) < 4.78 is 0. The van der Waals surface area contributed by atoms with E-state index in [9.17, 15) is 0 Å². The zero-order valence-electron chi connectivity index (χ0n) is 13.2. The maximum atomic E-state index is 4.43. The van der Waals surface area contributed by atoms with E-state index in [-0.39, 0.29) is 0 Å². The fourth-order valence-corrected chi connectivity index (χ4v) is 2.66. The average Bonchev–Trinajstić information content (AvgIpc) is 2.54. The van der Waals surface area contributed by atoms with Crippen molar-refractivity contribution < 1.29 is 0 Å². The van der Waals surface area contributed by atoms with E-state index in [0.717, 1.165) is 25.5 Å². The topological polar surface area (TPSA) is 28.2 Å². The van der Waals surface area contributed by atoms with Gasteiger partial charge < -0.3 is 5.32 Å². The fourth-order valence-electron chi connectivity index (χ4n) is 2.66. The van der Waals surface area contributed by atoms with Gasteiger partial charge in [0.25, 0.3) is 0 Å². The Morgan fingerprint density at radius 3 is 2.38 bits per heavy atom. The van der Waals surface area contributed by atoms with E-state index in [1.165, 1.54) is 11.1 Å². The molecule has 1 heterocycles. The van der Waals surface area contributed by atoms with Crippen LogP contribution in [0.4, 0.5) is 5.82 Å². The van der Waals surface area contributed by atoms with Crippen LogP contribution in [0.3, 0.4) is 0 Å². The van der Waals surface area contributed by atoms with Gasteiger partial charge in [-0.05, 0) is 37.2 Å². The van der Waals surface area contributed by atoms with Crippen LogP contribution in [-0.2, 0) is 0 Å². The number of anilines is 1. The second kappa shape index (κ2) is 7.79. The molecule has 0 aliphatic heterocycles. The quantitative estimate of drug-likeness (QED) is 0.835. The van der Waals surface area contributed by atoms with Crippen LogP contribution in [0.5, 0.6) is 0 Å². The van der Waals surface area contributed by atoms with Crippen LogP contribution < -0.4 is 5.32 Å². The molecule has 2 aromatic rings. The minimum absolute atomic E-state index is 0.364. The smallest absolute Gasteiger partial charge is 0.128 e. The zero-order chi connectivity index (χ0) is 15.1. The van der Waals surface area contributed by atoms with Gasteiger partial charge in [0, 0.05) is 12.7 Å². The van der Waals surface area contributed by atoms with Crippen LogP contribution in [-0.4, -0.2) is 29.5 Å². The molecule has 1 atom stereocenters. The molecule has 1 unspecified atom stereocenters. The molecule has 0 saturated carbocycles. The summed E-state index contributed by atoms with van der Waals surface area (Å²) >= 11 is 0. The first-order chi connectivity index (χ1) is 10.3. The van der Waals surface area contributed by atoms with Crippen molar-refractivity contribution in [3.63, 3.8) is 0 Å². The Kier molecular flexibility index (Phi) is 5.76. The highest BCUT2D eigenvalue weighted by molar-refractivity contribution is 5.43. The van der Waals surface area contributed by atoms with Gasteiger partial charge in [-0.15, -0.1) is 0 Å². The van der Waals surface area contributed by atoms with Gasteiger partial charge in [0.2, 0.25) is 0 Å². The van der Waals surface area contributed by atoms with Crippen molar-refractivity contribution in [1.29, 1.82) is 0 Å². The van der Waals surface area contributed by atoms with E-state index >= 15 is 0 Å². The van der Waals surface area contributed by atoms with Gasteiger partial charge in [0.05, 0.1) is 6.04 Å². The number of nitrogens with one attached hydrogen (secondary N) is 1. The predicted octanol–water partition coefficient (Wildman–Crippen LogP) is 3.89. The number of likely N-dealkylation sites (N-methyl/N-ethyl adjacent to an activating group) is 1. The Labute approximate surface area is 128 Å². The van der Waals surface area contributed by atoms with E-state index in [1.54, 1.807) is 0 Å². The molecule has 1 aromatic heterocycles. The average molecular weight is 283 g/mol. The van der Waals surface area contributed by atoms with E-state index in [2.05, 4.69) is 72.4 Å². The van der Waals surface area contributed by atoms with Crippen LogP contribution >= 0.6 is 0 Å². The molecular formula is C18H25N3.